The highest BCUT2D eigenvalue weighted by Gasteiger charge is 2.51. The summed E-state index contributed by atoms with van der Waals surface area (Å²) in [5, 5.41) is 3.22. The SMILES string of the molecule is CN1CCC(C(=O)NC2CCCC2)(N2CCC2=O)CC1. The van der Waals surface area contributed by atoms with Crippen molar-refractivity contribution in [2.24, 2.45) is 0 Å². The molecule has 20 heavy (non-hydrogen) atoms. The molecule has 5 nitrogen and oxygen atoms in total. The molecule has 2 amide bonds. The first kappa shape index (κ1) is 13.9. The number of likely N-dealkylation sites (tertiary alicyclic amines) is 2. The molecule has 0 aromatic heterocycles. The van der Waals surface area contributed by atoms with Gasteiger partial charge in [-0.15, -0.1) is 0 Å². The third kappa shape index (κ3) is 2.32. The maximum Gasteiger partial charge on any atom is 0.246 e. The molecule has 1 aliphatic carbocycles. The first-order valence-corrected chi connectivity index (χ1v) is 7.92. The standard InChI is InChI=1S/C15H25N3O2/c1-17-10-7-15(8-11-17,18-9-6-13(18)19)14(20)16-12-4-2-3-5-12/h12H,2-11H2,1H3,(H,16,20). The maximum atomic E-state index is 12.8. The topological polar surface area (TPSA) is 52.7 Å². The van der Waals surface area contributed by atoms with Crippen LogP contribution in [0, 0.1) is 0 Å². The van der Waals surface area contributed by atoms with Crippen molar-refractivity contribution in [3.63, 3.8) is 0 Å². The summed E-state index contributed by atoms with van der Waals surface area (Å²) in [6.07, 6.45) is 6.76. The third-order valence-corrected chi connectivity index (χ3v) is 5.29. The molecule has 2 saturated heterocycles. The van der Waals surface area contributed by atoms with Crippen LogP contribution >= 0.6 is 0 Å². The molecule has 3 aliphatic rings. The van der Waals surface area contributed by atoms with Gasteiger partial charge in [0.15, 0.2) is 0 Å². The van der Waals surface area contributed by atoms with Gasteiger partial charge in [0.2, 0.25) is 11.8 Å². The maximum absolute atomic E-state index is 12.8. The van der Waals surface area contributed by atoms with Crippen LogP contribution in [-0.2, 0) is 9.59 Å². The van der Waals surface area contributed by atoms with E-state index in [4.69, 9.17) is 0 Å². The van der Waals surface area contributed by atoms with Crippen LogP contribution in [0.2, 0.25) is 0 Å². The van der Waals surface area contributed by atoms with Gasteiger partial charge in [0, 0.05) is 32.1 Å². The number of amides is 2. The van der Waals surface area contributed by atoms with Gasteiger partial charge < -0.3 is 15.1 Å². The molecule has 0 radical (unpaired) electrons. The summed E-state index contributed by atoms with van der Waals surface area (Å²) in [5.74, 6) is 0.252. The lowest BCUT2D eigenvalue weighted by Crippen LogP contribution is -2.68. The highest BCUT2D eigenvalue weighted by Crippen LogP contribution is 2.34. The molecule has 1 saturated carbocycles. The van der Waals surface area contributed by atoms with E-state index < -0.39 is 5.54 Å². The zero-order valence-corrected chi connectivity index (χ0v) is 12.4. The molecule has 0 aromatic rings. The summed E-state index contributed by atoms with van der Waals surface area (Å²) in [6, 6.07) is 0.329. The Kier molecular flexibility index (Phi) is 3.71. The van der Waals surface area contributed by atoms with E-state index in [9.17, 15) is 9.59 Å². The van der Waals surface area contributed by atoms with E-state index >= 15 is 0 Å². The van der Waals surface area contributed by atoms with E-state index in [0.29, 0.717) is 12.5 Å². The zero-order chi connectivity index (χ0) is 14.2. The molecule has 0 aromatic carbocycles. The number of hydrogen-bond acceptors (Lipinski definition) is 3. The third-order valence-electron chi connectivity index (χ3n) is 5.29. The highest BCUT2D eigenvalue weighted by molar-refractivity contribution is 5.94. The molecule has 5 heteroatoms. The predicted octanol–water partition coefficient (Wildman–Crippen LogP) is 0.742. The highest BCUT2D eigenvalue weighted by atomic mass is 16.2. The second-order valence-electron chi connectivity index (χ2n) is 6.59. The van der Waals surface area contributed by atoms with Gasteiger partial charge in [-0.1, -0.05) is 12.8 Å². The molecule has 3 fully saturated rings. The Morgan fingerprint density at radius 2 is 1.85 bits per heavy atom. The molecule has 0 atom stereocenters. The van der Waals surface area contributed by atoms with Crippen LogP contribution in [0.1, 0.15) is 44.9 Å². The summed E-state index contributed by atoms with van der Waals surface area (Å²) in [5.41, 5.74) is -0.565. The average molecular weight is 279 g/mol. The summed E-state index contributed by atoms with van der Waals surface area (Å²) in [4.78, 5) is 28.8. The lowest BCUT2D eigenvalue weighted by Gasteiger charge is -2.50. The normalized spacial score (nSPS) is 27.4. The van der Waals surface area contributed by atoms with Crippen LogP contribution in [-0.4, -0.2) is 59.9 Å². The van der Waals surface area contributed by atoms with Gasteiger partial charge in [0.05, 0.1) is 0 Å². The van der Waals surface area contributed by atoms with Crippen molar-refractivity contribution in [2.75, 3.05) is 26.7 Å². The second-order valence-corrected chi connectivity index (χ2v) is 6.59. The van der Waals surface area contributed by atoms with Crippen molar-refractivity contribution in [3.8, 4) is 0 Å². The Hall–Kier alpha value is -1.10. The summed E-state index contributed by atoms with van der Waals surface area (Å²) < 4.78 is 0. The quantitative estimate of drug-likeness (QED) is 0.775. The van der Waals surface area contributed by atoms with E-state index in [1.165, 1.54) is 12.8 Å². The van der Waals surface area contributed by atoms with Crippen molar-refractivity contribution >= 4 is 11.8 Å². The van der Waals surface area contributed by atoms with Gasteiger partial charge in [-0.2, -0.15) is 0 Å². The first-order valence-electron chi connectivity index (χ1n) is 7.92. The molecule has 0 bridgehead atoms. The molecule has 3 rings (SSSR count). The number of nitrogens with one attached hydrogen (secondary N) is 1. The molecule has 112 valence electrons. The van der Waals surface area contributed by atoms with Gasteiger partial charge in [-0.25, -0.2) is 0 Å². The Balaban J connectivity index is 1.74. The smallest absolute Gasteiger partial charge is 0.246 e. The van der Waals surface area contributed by atoms with Crippen molar-refractivity contribution < 1.29 is 9.59 Å². The molecule has 0 unspecified atom stereocenters. The number of piperidine rings is 1. The minimum atomic E-state index is -0.565. The molecular formula is C15H25N3O2. The fraction of sp³-hybridized carbons (Fsp3) is 0.867. The minimum Gasteiger partial charge on any atom is -0.351 e. The second kappa shape index (κ2) is 5.35. The number of carbonyl (C=O) groups excluding carboxylic acids is 2. The Morgan fingerprint density at radius 1 is 1.20 bits per heavy atom. The van der Waals surface area contributed by atoms with Crippen LogP contribution in [0.3, 0.4) is 0 Å². The van der Waals surface area contributed by atoms with Gasteiger partial charge in [0.25, 0.3) is 0 Å². The molecule has 2 aliphatic heterocycles. The number of hydrogen-bond donors (Lipinski definition) is 1. The average Bonchev–Trinajstić information content (AvgIpc) is 2.92. The van der Waals surface area contributed by atoms with Crippen LogP contribution in [0.25, 0.3) is 0 Å². The van der Waals surface area contributed by atoms with E-state index in [0.717, 1.165) is 45.3 Å². The van der Waals surface area contributed by atoms with E-state index in [1.54, 1.807) is 0 Å². The molecule has 0 spiro atoms. The monoisotopic (exact) mass is 279 g/mol. The van der Waals surface area contributed by atoms with Crippen molar-refractivity contribution in [1.82, 2.24) is 15.1 Å². The number of nitrogens with zero attached hydrogens (tertiary/aromatic N) is 2. The van der Waals surface area contributed by atoms with E-state index in [-0.39, 0.29) is 11.8 Å². The summed E-state index contributed by atoms with van der Waals surface area (Å²) >= 11 is 0. The van der Waals surface area contributed by atoms with Crippen LogP contribution in [0.5, 0.6) is 0 Å². The fourth-order valence-electron chi connectivity index (χ4n) is 3.77. The first-order chi connectivity index (χ1) is 9.62. The van der Waals surface area contributed by atoms with E-state index in [2.05, 4.69) is 17.3 Å². The van der Waals surface area contributed by atoms with Crippen molar-refractivity contribution in [3.05, 3.63) is 0 Å². The molecular weight excluding hydrogens is 254 g/mol. The zero-order valence-electron chi connectivity index (χ0n) is 12.4. The van der Waals surface area contributed by atoms with Gasteiger partial charge in [-0.05, 0) is 32.7 Å². The largest absolute Gasteiger partial charge is 0.351 e. The number of β-lactam (4-membered cyclic amide) rings is 1. The molecule has 1 N–H and O–H groups in total. The Morgan fingerprint density at radius 3 is 2.35 bits per heavy atom. The fourth-order valence-corrected chi connectivity index (χ4v) is 3.77. The lowest BCUT2D eigenvalue weighted by molar-refractivity contribution is -0.160. The van der Waals surface area contributed by atoms with Crippen LogP contribution in [0.4, 0.5) is 0 Å². The Bertz CT molecular complexity index is 396. The minimum absolute atomic E-state index is 0.102. The number of rotatable bonds is 3. The van der Waals surface area contributed by atoms with Crippen molar-refractivity contribution in [1.29, 1.82) is 0 Å². The van der Waals surface area contributed by atoms with Crippen LogP contribution < -0.4 is 5.32 Å². The van der Waals surface area contributed by atoms with Crippen molar-refractivity contribution in [2.45, 2.75) is 56.5 Å². The van der Waals surface area contributed by atoms with Gasteiger partial charge in [-0.3, -0.25) is 9.59 Å². The van der Waals surface area contributed by atoms with E-state index in [1.807, 2.05) is 4.90 Å². The van der Waals surface area contributed by atoms with Gasteiger partial charge >= 0.3 is 0 Å². The summed E-state index contributed by atoms with van der Waals surface area (Å²) in [6.45, 7) is 2.53. The predicted molar refractivity (Wildman–Crippen MR) is 76.2 cm³/mol. The number of carbonyl (C=O) groups is 2. The Labute approximate surface area is 120 Å². The molecule has 2 heterocycles. The van der Waals surface area contributed by atoms with Crippen LogP contribution in [0.15, 0.2) is 0 Å². The van der Waals surface area contributed by atoms with Gasteiger partial charge in [0.1, 0.15) is 5.54 Å². The summed E-state index contributed by atoms with van der Waals surface area (Å²) in [7, 11) is 2.08. The lowest BCUT2D eigenvalue weighted by atomic mass is 9.82.